The molecule has 0 radical (unpaired) electrons. The fourth-order valence-electron chi connectivity index (χ4n) is 4.11. The molecule has 1 saturated heterocycles. The molecule has 1 aromatic heterocycles. The Kier molecular flexibility index (Phi) is 5.56. The minimum absolute atomic E-state index is 0.0183. The second-order valence-corrected chi connectivity index (χ2v) is 7.37. The first-order valence-electron chi connectivity index (χ1n) is 9.73. The Balaban J connectivity index is 1.56. The van der Waals surface area contributed by atoms with Crippen molar-refractivity contribution < 1.29 is 14.2 Å². The van der Waals surface area contributed by atoms with E-state index in [1.54, 1.807) is 7.11 Å². The van der Waals surface area contributed by atoms with Gasteiger partial charge in [-0.25, -0.2) is 0 Å². The van der Waals surface area contributed by atoms with Crippen LogP contribution in [0.2, 0.25) is 0 Å². The van der Waals surface area contributed by atoms with Gasteiger partial charge in [0.15, 0.2) is 6.10 Å². The lowest BCUT2D eigenvalue weighted by atomic mass is 9.89. The fraction of sp³-hybridized carbons (Fsp3) is 0.571. The summed E-state index contributed by atoms with van der Waals surface area (Å²) in [5.41, 5.74) is 2.21. The van der Waals surface area contributed by atoms with Gasteiger partial charge < -0.3 is 14.2 Å². The maximum atomic E-state index is 6.29. The molecule has 140 valence electrons. The first kappa shape index (κ1) is 17.6. The first-order valence-corrected chi connectivity index (χ1v) is 9.73. The van der Waals surface area contributed by atoms with Crippen molar-refractivity contribution in [3.05, 3.63) is 36.5 Å². The normalized spacial score (nSPS) is 24.0. The highest BCUT2D eigenvalue weighted by Crippen LogP contribution is 2.33. The van der Waals surface area contributed by atoms with Gasteiger partial charge in [-0.1, -0.05) is 31.4 Å². The van der Waals surface area contributed by atoms with Crippen LogP contribution in [0.15, 0.2) is 36.5 Å². The number of benzene rings is 1. The van der Waals surface area contributed by atoms with Gasteiger partial charge >= 0.3 is 0 Å². The van der Waals surface area contributed by atoms with Crippen LogP contribution in [0.3, 0.4) is 0 Å². The zero-order valence-electron chi connectivity index (χ0n) is 15.5. The smallest absolute Gasteiger partial charge is 0.150 e. The Hall–Kier alpha value is -1.85. The van der Waals surface area contributed by atoms with E-state index in [2.05, 4.69) is 28.0 Å². The van der Waals surface area contributed by atoms with E-state index in [0.29, 0.717) is 13.2 Å². The molecule has 1 saturated carbocycles. The lowest BCUT2D eigenvalue weighted by Crippen LogP contribution is -2.31. The largest absolute Gasteiger partial charge is 0.484 e. The summed E-state index contributed by atoms with van der Waals surface area (Å²) in [6.07, 6.45) is 8.50. The standard InChI is InChI=1S/C21H28N2O3/c1-24-20-14-25-15-21(20)26-19-10-6-5-9-17(19)18-11-12-22-23(18)13-16-7-3-2-4-8-16/h5-6,9-12,16,20-21H,2-4,7-8,13-15H2,1H3/t20?,21-/m1/s1. The summed E-state index contributed by atoms with van der Waals surface area (Å²) >= 11 is 0. The zero-order chi connectivity index (χ0) is 17.8. The molecule has 1 aromatic carbocycles. The number of methoxy groups -OCH3 is 1. The Morgan fingerprint density at radius 1 is 1.08 bits per heavy atom. The molecule has 5 heteroatoms. The first-order chi connectivity index (χ1) is 12.8. The lowest BCUT2D eigenvalue weighted by Gasteiger charge is -2.23. The molecule has 2 atom stereocenters. The van der Waals surface area contributed by atoms with Gasteiger partial charge in [0, 0.05) is 25.4 Å². The second-order valence-electron chi connectivity index (χ2n) is 7.37. The van der Waals surface area contributed by atoms with Gasteiger partial charge in [-0.3, -0.25) is 4.68 Å². The van der Waals surface area contributed by atoms with Crippen LogP contribution in [0, 0.1) is 5.92 Å². The van der Waals surface area contributed by atoms with Crippen molar-refractivity contribution in [3.8, 4) is 17.0 Å². The minimum atomic E-state index is -0.0733. The highest BCUT2D eigenvalue weighted by atomic mass is 16.6. The Bertz CT molecular complexity index is 709. The summed E-state index contributed by atoms with van der Waals surface area (Å²) in [4.78, 5) is 0. The topological polar surface area (TPSA) is 45.5 Å². The van der Waals surface area contributed by atoms with E-state index < -0.39 is 0 Å². The fourth-order valence-corrected chi connectivity index (χ4v) is 4.11. The molecule has 1 aliphatic heterocycles. The van der Waals surface area contributed by atoms with E-state index in [1.165, 1.54) is 32.1 Å². The van der Waals surface area contributed by atoms with Gasteiger partial charge in [0.25, 0.3) is 0 Å². The van der Waals surface area contributed by atoms with Gasteiger partial charge in [0.2, 0.25) is 0 Å². The van der Waals surface area contributed by atoms with Crippen molar-refractivity contribution in [3.63, 3.8) is 0 Å². The molecule has 1 aliphatic carbocycles. The molecule has 26 heavy (non-hydrogen) atoms. The average molecular weight is 356 g/mol. The van der Waals surface area contributed by atoms with Crippen LogP contribution in [0.25, 0.3) is 11.3 Å². The number of rotatable bonds is 6. The number of aromatic nitrogens is 2. The van der Waals surface area contributed by atoms with Gasteiger partial charge in [-0.2, -0.15) is 5.10 Å². The molecule has 2 aliphatic rings. The third-order valence-electron chi connectivity index (χ3n) is 5.60. The number of hydrogen-bond acceptors (Lipinski definition) is 4. The van der Waals surface area contributed by atoms with Crippen molar-refractivity contribution >= 4 is 0 Å². The molecule has 4 rings (SSSR count). The molecule has 0 bridgehead atoms. The number of para-hydroxylation sites is 1. The zero-order valence-corrected chi connectivity index (χ0v) is 15.5. The molecular formula is C21H28N2O3. The summed E-state index contributed by atoms with van der Waals surface area (Å²) in [5, 5.41) is 4.60. The van der Waals surface area contributed by atoms with Crippen LogP contribution in [0.5, 0.6) is 5.75 Å². The van der Waals surface area contributed by atoms with Crippen molar-refractivity contribution in [2.75, 3.05) is 20.3 Å². The second kappa shape index (κ2) is 8.23. The molecule has 2 heterocycles. The SMILES string of the molecule is COC1COC[C@H]1Oc1ccccc1-c1ccnn1CC1CCCCC1. The predicted molar refractivity (Wildman–Crippen MR) is 100 cm³/mol. The molecule has 1 unspecified atom stereocenters. The number of hydrogen-bond donors (Lipinski definition) is 0. The minimum Gasteiger partial charge on any atom is -0.484 e. The monoisotopic (exact) mass is 356 g/mol. The lowest BCUT2D eigenvalue weighted by molar-refractivity contribution is 0.0328. The quantitative estimate of drug-likeness (QED) is 0.787. The number of ether oxygens (including phenoxy) is 3. The van der Waals surface area contributed by atoms with Crippen LogP contribution in [0.1, 0.15) is 32.1 Å². The Morgan fingerprint density at radius 2 is 1.88 bits per heavy atom. The molecule has 5 nitrogen and oxygen atoms in total. The summed E-state index contributed by atoms with van der Waals surface area (Å²) in [6, 6.07) is 10.3. The van der Waals surface area contributed by atoms with Crippen molar-refractivity contribution in [1.82, 2.24) is 9.78 Å². The van der Waals surface area contributed by atoms with E-state index in [1.807, 2.05) is 18.3 Å². The van der Waals surface area contributed by atoms with E-state index in [0.717, 1.165) is 29.5 Å². The van der Waals surface area contributed by atoms with Crippen LogP contribution in [-0.4, -0.2) is 42.3 Å². The Labute approximate surface area is 155 Å². The predicted octanol–water partition coefficient (Wildman–Crippen LogP) is 3.92. The third-order valence-corrected chi connectivity index (χ3v) is 5.60. The van der Waals surface area contributed by atoms with Crippen LogP contribution >= 0.6 is 0 Å². The summed E-state index contributed by atoms with van der Waals surface area (Å²) in [5.74, 6) is 1.60. The molecule has 0 N–H and O–H groups in total. The van der Waals surface area contributed by atoms with Gasteiger partial charge in [-0.15, -0.1) is 0 Å². The van der Waals surface area contributed by atoms with E-state index >= 15 is 0 Å². The van der Waals surface area contributed by atoms with Crippen molar-refractivity contribution in [2.45, 2.75) is 50.9 Å². The highest BCUT2D eigenvalue weighted by molar-refractivity contribution is 5.67. The number of nitrogens with zero attached hydrogens (tertiary/aromatic N) is 2. The summed E-state index contributed by atoms with van der Waals surface area (Å²) in [7, 11) is 1.71. The molecule has 2 aromatic rings. The van der Waals surface area contributed by atoms with Crippen molar-refractivity contribution in [1.29, 1.82) is 0 Å². The maximum Gasteiger partial charge on any atom is 0.150 e. The maximum absolute atomic E-state index is 6.29. The van der Waals surface area contributed by atoms with Crippen LogP contribution < -0.4 is 4.74 Å². The van der Waals surface area contributed by atoms with Gasteiger partial charge in [0.05, 0.1) is 18.9 Å². The van der Waals surface area contributed by atoms with E-state index in [4.69, 9.17) is 14.2 Å². The van der Waals surface area contributed by atoms with Crippen LogP contribution in [-0.2, 0) is 16.0 Å². The Morgan fingerprint density at radius 3 is 2.73 bits per heavy atom. The highest BCUT2D eigenvalue weighted by Gasteiger charge is 2.30. The molecule has 2 fully saturated rings. The van der Waals surface area contributed by atoms with Crippen molar-refractivity contribution in [2.24, 2.45) is 5.92 Å². The summed E-state index contributed by atoms with van der Waals surface area (Å²) in [6.45, 7) is 2.14. The average Bonchev–Trinajstić information content (AvgIpc) is 3.32. The van der Waals surface area contributed by atoms with Crippen LogP contribution in [0.4, 0.5) is 0 Å². The molecule has 0 spiro atoms. The summed E-state index contributed by atoms with van der Waals surface area (Å²) < 4.78 is 19.4. The van der Waals surface area contributed by atoms with Gasteiger partial charge in [-0.05, 0) is 37.0 Å². The third kappa shape index (κ3) is 3.79. The van der Waals surface area contributed by atoms with E-state index in [9.17, 15) is 0 Å². The van der Waals surface area contributed by atoms with E-state index in [-0.39, 0.29) is 12.2 Å². The molecule has 0 amide bonds. The van der Waals surface area contributed by atoms with Gasteiger partial charge in [0.1, 0.15) is 11.9 Å². The molecular weight excluding hydrogens is 328 g/mol.